The summed E-state index contributed by atoms with van der Waals surface area (Å²) in [7, 11) is 3.14. The number of carbonyl (C=O) groups excluding carboxylic acids is 1. The van der Waals surface area contributed by atoms with Gasteiger partial charge in [0, 0.05) is 35.8 Å². The molecule has 0 fully saturated rings. The number of aromatic nitrogens is 2. The first-order chi connectivity index (χ1) is 17.1. The Morgan fingerprint density at radius 1 is 0.857 bits per heavy atom. The molecule has 35 heavy (non-hydrogen) atoms. The fraction of sp³-hybridized carbons (Fsp3) is 0.179. The molecule has 0 radical (unpaired) electrons. The molecule has 0 bridgehead atoms. The van der Waals surface area contributed by atoms with Gasteiger partial charge in [0.1, 0.15) is 0 Å². The van der Waals surface area contributed by atoms with Gasteiger partial charge in [-0.2, -0.15) is 5.10 Å². The van der Waals surface area contributed by atoms with Gasteiger partial charge in [0.15, 0.2) is 11.5 Å². The maximum Gasteiger partial charge on any atom is 0.266 e. The minimum absolute atomic E-state index is 0.113. The number of carbonyl (C=O) groups is 1. The third kappa shape index (κ3) is 5.76. The molecule has 1 N–H and O–H groups in total. The van der Waals surface area contributed by atoms with Crippen LogP contribution in [0.1, 0.15) is 12.8 Å². The Balaban J connectivity index is 1.41. The fourth-order valence-corrected chi connectivity index (χ4v) is 3.82. The van der Waals surface area contributed by atoms with Crippen molar-refractivity contribution in [3.05, 3.63) is 95.3 Å². The van der Waals surface area contributed by atoms with Crippen LogP contribution >= 0.6 is 0 Å². The molecule has 1 amide bonds. The summed E-state index contributed by atoms with van der Waals surface area (Å²) in [4.78, 5) is 25.0. The lowest BCUT2D eigenvalue weighted by molar-refractivity contribution is -0.116. The number of hydrogen-bond donors (Lipinski definition) is 1. The van der Waals surface area contributed by atoms with Crippen LogP contribution in [-0.4, -0.2) is 29.9 Å². The third-order valence-corrected chi connectivity index (χ3v) is 5.61. The zero-order chi connectivity index (χ0) is 24.6. The highest BCUT2D eigenvalue weighted by Gasteiger charge is 2.11. The van der Waals surface area contributed by atoms with E-state index >= 15 is 0 Å². The standard InChI is InChI=1S/C28H27N3O4/c1-34-25-16-14-21(19-26(25)35-2)23-15-17-28(33)31(30-23)18-8-13-27(32)29-24-12-7-6-11-22(24)20-9-4-3-5-10-20/h3-7,9-12,14-17,19H,8,13,18H2,1-2H3,(H,29,32). The molecule has 0 aliphatic rings. The first-order valence-corrected chi connectivity index (χ1v) is 11.3. The van der Waals surface area contributed by atoms with E-state index in [0.29, 0.717) is 30.2 Å². The lowest BCUT2D eigenvalue weighted by atomic mass is 10.0. The van der Waals surface area contributed by atoms with Crippen molar-refractivity contribution < 1.29 is 14.3 Å². The summed E-state index contributed by atoms with van der Waals surface area (Å²) in [6.07, 6.45) is 0.736. The molecule has 7 nitrogen and oxygen atoms in total. The predicted molar refractivity (Wildman–Crippen MR) is 137 cm³/mol. The number of methoxy groups -OCH3 is 2. The maximum atomic E-state index is 12.6. The van der Waals surface area contributed by atoms with E-state index < -0.39 is 0 Å². The van der Waals surface area contributed by atoms with Crippen molar-refractivity contribution in [3.8, 4) is 33.9 Å². The summed E-state index contributed by atoms with van der Waals surface area (Å²) in [6.45, 7) is 0.327. The highest BCUT2D eigenvalue weighted by atomic mass is 16.5. The van der Waals surface area contributed by atoms with Crippen LogP contribution < -0.4 is 20.3 Å². The monoisotopic (exact) mass is 469 g/mol. The van der Waals surface area contributed by atoms with Crippen molar-refractivity contribution in [2.45, 2.75) is 19.4 Å². The van der Waals surface area contributed by atoms with E-state index in [4.69, 9.17) is 9.47 Å². The minimum atomic E-state index is -0.218. The molecule has 0 spiro atoms. The lowest BCUT2D eigenvalue weighted by Crippen LogP contribution is -2.23. The molecule has 0 unspecified atom stereocenters. The number of hydrogen-bond acceptors (Lipinski definition) is 5. The second-order valence-electron chi connectivity index (χ2n) is 7.91. The third-order valence-electron chi connectivity index (χ3n) is 5.61. The Morgan fingerprint density at radius 3 is 2.37 bits per heavy atom. The van der Waals surface area contributed by atoms with Gasteiger partial charge in [0.05, 0.1) is 19.9 Å². The summed E-state index contributed by atoms with van der Waals surface area (Å²) in [5, 5.41) is 7.48. The van der Waals surface area contributed by atoms with Crippen LogP contribution in [-0.2, 0) is 11.3 Å². The summed E-state index contributed by atoms with van der Waals surface area (Å²) in [6, 6.07) is 26.2. The van der Waals surface area contributed by atoms with Crippen molar-refractivity contribution in [3.63, 3.8) is 0 Å². The van der Waals surface area contributed by atoms with Gasteiger partial charge in [-0.25, -0.2) is 4.68 Å². The van der Waals surface area contributed by atoms with Gasteiger partial charge in [-0.1, -0.05) is 48.5 Å². The molecule has 4 aromatic rings. The van der Waals surface area contributed by atoms with Crippen LogP contribution in [0.5, 0.6) is 11.5 Å². The van der Waals surface area contributed by atoms with Crippen LogP contribution in [0.25, 0.3) is 22.4 Å². The number of rotatable bonds is 9. The lowest BCUT2D eigenvalue weighted by Gasteiger charge is -2.12. The smallest absolute Gasteiger partial charge is 0.266 e. The first kappa shape index (κ1) is 23.8. The minimum Gasteiger partial charge on any atom is -0.493 e. The molecular formula is C28H27N3O4. The van der Waals surface area contributed by atoms with E-state index in [1.165, 1.54) is 10.7 Å². The summed E-state index contributed by atoms with van der Waals surface area (Å²) in [5.74, 6) is 1.08. The molecule has 0 atom stereocenters. The Labute approximate surface area is 204 Å². The summed E-state index contributed by atoms with van der Waals surface area (Å²) < 4.78 is 12.0. The van der Waals surface area contributed by atoms with Gasteiger partial charge in [-0.3, -0.25) is 9.59 Å². The Bertz CT molecular complexity index is 1370. The average molecular weight is 470 g/mol. The number of nitrogens with zero attached hydrogens (tertiary/aromatic N) is 2. The molecule has 0 aliphatic carbocycles. The van der Waals surface area contributed by atoms with Gasteiger partial charge < -0.3 is 14.8 Å². The van der Waals surface area contributed by atoms with Crippen molar-refractivity contribution in [1.82, 2.24) is 9.78 Å². The molecule has 0 saturated carbocycles. The number of aryl methyl sites for hydroxylation is 1. The predicted octanol–water partition coefficient (Wildman–Crippen LogP) is 5.01. The second-order valence-corrected chi connectivity index (χ2v) is 7.91. The highest BCUT2D eigenvalue weighted by molar-refractivity contribution is 5.95. The van der Waals surface area contributed by atoms with Gasteiger partial charge in [-0.05, 0) is 42.3 Å². The van der Waals surface area contributed by atoms with Crippen LogP contribution in [0.4, 0.5) is 5.69 Å². The molecule has 0 aliphatic heterocycles. The second kappa shape index (κ2) is 11.2. The van der Waals surface area contributed by atoms with Crippen LogP contribution in [0.15, 0.2) is 89.7 Å². The topological polar surface area (TPSA) is 82.5 Å². The number of para-hydroxylation sites is 1. The van der Waals surface area contributed by atoms with E-state index in [9.17, 15) is 9.59 Å². The van der Waals surface area contributed by atoms with Gasteiger partial charge in [0.25, 0.3) is 5.56 Å². The molecule has 178 valence electrons. The van der Waals surface area contributed by atoms with Crippen molar-refractivity contribution in [2.24, 2.45) is 0 Å². The average Bonchev–Trinajstić information content (AvgIpc) is 2.90. The SMILES string of the molecule is COc1ccc(-c2ccc(=O)n(CCCC(=O)Nc3ccccc3-c3ccccc3)n2)cc1OC. The van der Waals surface area contributed by atoms with Gasteiger partial charge in [-0.15, -0.1) is 0 Å². The van der Waals surface area contributed by atoms with E-state index in [1.54, 1.807) is 26.4 Å². The number of nitrogens with one attached hydrogen (secondary N) is 1. The van der Waals surface area contributed by atoms with Gasteiger partial charge in [0.2, 0.25) is 5.91 Å². The molecular weight excluding hydrogens is 442 g/mol. The number of amides is 1. The van der Waals surface area contributed by atoms with Crippen molar-refractivity contribution in [1.29, 1.82) is 0 Å². The van der Waals surface area contributed by atoms with E-state index in [-0.39, 0.29) is 17.9 Å². The Kier molecular flexibility index (Phi) is 7.57. The maximum absolute atomic E-state index is 12.6. The molecule has 3 aromatic carbocycles. The van der Waals surface area contributed by atoms with Crippen LogP contribution in [0.2, 0.25) is 0 Å². The molecule has 1 aromatic heterocycles. The zero-order valence-corrected chi connectivity index (χ0v) is 19.7. The zero-order valence-electron chi connectivity index (χ0n) is 19.7. The first-order valence-electron chi connectivity index (χ1n) is 11.3. The number of benzene rings is 3. The normalized spacial score (nSPS) is 10.6. The Morgan fingerprint density at radius 2 is 1.60 bits per heavy atom. The van der Waals surface area contributed by atoms with E-state index in [1.807, 2.05) is 66.7 Å². The van der Waals surface area contributed by atoms with E-state index in [0.717, 1.165) is 22.4 Å². The number of anilines is 1. The largest absolute Gasteiger partial charge is 0.493 e. The summed E-state index contributed by atoms with van der Waals surface area (Å²) >= 11 is 0. The molecule has 1 heterocycles. The fourth-order valence-electron chi connectivity index (χ4n) is 3.82. The van der Waals surface area contributed by atoms with Crippen LogP contribution in [0.3, 0.4) is 0 Å². The highest BCUT2D eigenvalue weighted by Crippen LogP contribution is 2.31. The van der Waals surface area contributed by atoms with Crippen LogP contribution in [0, 0.1) is 0 Å². The van der Waals surface area contributed by atoms with E-state index in [2.05, 4.69) is 10.4 Å². The molecule has 0 saturated heterocycles. The number of ether oxygens (including phenoxy) is 2. The van der Waals surface area contributed by atoms with Crippen molar-refractivity contribution in [2.75, 3.05) is 19.5 Å². The summed E-state index contributed by atoms with van der Waals surface area (Å²) in [5.41, 5.74) is 3.96. The molecule has 4 rings (SSSR count). The van der Waals surface area contributed by atoms with Crippen molar-refractivity contribution >= 4 is 11.6 Å². The quantitative estimate of drug-likeness (QED) is 0.372. The molecule has 7 heteroatoms. The Hall–Kier alpha value is -4.39. The van der Waals surface area contributed by atoms with Gasteiger partial charge >= 0.3 is 0 Å².